The minimum absolute atomic E-state index is 0.454. The molecule has 1 aromatic rings. The van der Waals surface area contributed by atoms with Gasteiger partial charge >= 0.3 is 0 Å². The Labute approximate surface area is 111 Å². The first-order chi connectivity index (χ1) is 8.56. The van der Waals surface area contributed by atoms with Gasteiger partial charge in [-0.15, -0.1) is 0 Å². The van der Waals surface area contributed by atoms with Crippen LogP contribution in [0.3, 0.4) is 0 Å². The van der Waals surface area contributed by atoms with Crippen LogP contribution in [0.5, 0.6) is 0 Å². The Bertz CT molecular complexity index is 400. The first kappa shape index (κ1) is 13.6. The molecule has 0 spiro atoms. The Morgan fingerprint density at radius 3 is 2.83 bits per heavy atom. The largest absolute Gasteiger partial charge is 0.310 e. The smallest absolute Gasteiger partial charge is 0.0294 e. The monoisotopic (exact) mass is 246 g/mol. The molecule has 0 saturated carbocycles. The van der Waals surface area contributed by atoms with Gasteiger partial charge in [0.25, 0.3) is 0 Å². The maximum atomic E-state index is 3.70. The van der Waals surface area contributed by atoms with Gasteiger partial charge in [0.1, 0.15) is 0 Å². The van der Waals surface area contributed by atoms with Crippen molar-refractivity contribution in [3.05, 3.63) is 34.9 Å². The van der Waals surface area contributed by atoms with Crippen molar-refractivity contribution in [1.29, 1.82) is 0 Å². The Morgan fingerprint density at radius 1 is 1.39 bits per heavy atom. The standard InChI is InChI=1S/C16H26N2/c1-12-5-6-13(2)16(9-12)14(3)17-10-15-7-8-18(4)11-15/h5-6,9,14-15,17H,7-8,10-11H2,1-4H3. The SMILES string of the molecule is Cc1ccc(C)c(C(C)NCC2CCN(C)C2)c1. The number of benzene rings is 1. The lowest BCUT2D eigenvalue weighted by molar-refractivity contribution is 0.382. The fourth-order valence-corrected chi connectivity index (χ4v) is 2.87. The van der Waals surface area contributed by atoms with Crippen LogP contribution < -0.4 is 5.32 Å². The van der Waals surface area contributed by atoms with Gasteiger partial charge in [0, 0.05) is 12.6 Å². The number of hydrogen-bond donors (Lipinski definition) is 1. The number of aryl methyl sites for hydroxylation is 2. The Morgan fingerprint density at radius 2 is 2.17 bits per heavy atom. The van der Waals surface area contributed by atoms with E-state index >= 15 is 0 Å². The quantitative estimate of drug-likeness (QED) is 0.879. The Hall–Kier alpha value is -0.860. The summed E-state index contributed by atoms with van der Waals surface area (Å²) in [6.07, 6.45) is 1.34. The van der Waals surface area contributed by atoms with Crippen molar-refractivity contribution in [3.8, 4) is 0 Å². The maximum absolute atomic E-state index is 3.70. The van der Waals surface area contributed by atoms with Gasteiger partial charge in [0.05, 0.1) is 0 Å². The van der Waals surface area contributed by atoms with E-state index in [0.717, 1.165) is 12.5 Å². The van der Waals surface area contributed by atoms with Crippen molar-refractivity contribution < 1.29 is 0 Å². The van der Waals surface area contributed by atoms with Gasteiger partial charge < -0.3 is 10.2 Å². The van der Waals surface area contributed by atoms with E-state index < -0.39 is 0 Å². The third kappa shape index (κ3) is 3.33. The first-order valence-electron chi connectivity index (χ1n) is 7.05. The second-order valence-electron chi connectivity index (χ2n) is 5.91. The highest BCUT2D eigenvalue weighted by Gasteiger charge is 2.20. The molecule has 0 aliphatic carbocycles. The first-order valence-corrected chi connectivity index (χ1v) is 7.05. The lowest BCUT2D eigenvalue weighted by Gasteiger charge is -2.20. The lowest BCUT2D eigenvalue weighted by atomic mass is 9.99. The summed E-state index contributed by atoms with van der Waals surface area (Å²) >= 11 is 0. The van der Waals surface area contributed by atoms with E-state index in [0.29, 0.717) is 6.04 Å². The molecule has 18 heavy (non-hydrogen) atoms. The van der Waals surface area contributed by atoms with E-state index in [1.54, 1.807) is 0 Å². The fraction of sp³-hybridized carbons (Fsp3) is 0.625. The van der Waals surface area contributed by atoms with Crippen molar-refractivity contribution in [2.24, 2.45) is 5.92 Å². The summed E-state index contributed by atoms with van der Waals surface area (Å²) in [6.45, 7) is 10.3. The summed E-state index contributed by atoms with van der Waals surface area (Å²) in [4.78, 5) is 2.43. The third-order valence-corrected chi connectivity index (χ3v) is 4.10. The third-order valence-electron chi connectivity index (χ3n) is 4.10. The van der Waals surface area contributed by atoms with Gasteiger partial charge in [-0.1, -0.05) is 23.8 Å². The molecule has 0 bridgehead atoms. The topological polar surface area (TPSA) is 15.3 Å². The Balaban J connectivity index is 1.91. The normalized spacial score (nSPS) is 22.3. The van der Waals surface area contributed by atoms with Crippen molar-refractivity contribution >= 4 is 0 Å². The zero-order chi connectivity index (χ0) is 13.1. The maximum Gasteiger partial charge on any atom is 0.0294 e. The summed E-state index contributed by atoms with van der Waals surface area (Å²) in [5.41, 5.74) is 4.19. The van der Waals surface area contributed by atoms with E-state index in [-0.39, 0.29) is 0 Å². The summed E-state index contributed by atoms with van der Waals surface area (Å²) in [7, 11) is 2.22. The van der Waals surface area contributed by atoms with E-state index in [1.807, 2.05) is 0 Å². The summed E-state index contributed by atoms with van der Waals surface area (Å²) in [5, 5.41) is 3.70. The molecular formula is C16H26N2. The predicted octanol–water partition coefficient (Wildman–Crippen LogP) is 2.91. The average molecular weight is 246 g/mol. The molecule has 1 N–H and O–H groups in total. The fourth-order valence-electron chi connectivity index (χ4n) is 2.87. The number of hydrogen-bond acceptors (Lipinski definition) is 2. The van der Waals surface area contributed by atoms with Crippen LogP contribution in [0.4, 0.5) is 0 Å². The number of nitrogens with zero attached hydrogens (tertiary/aromatic N) is 1. The summed E-state index contributed by atoms with van der Waals surface area (Å²) in [5.74, 6) is 0.822. The number of rotatable bonds is 4. The van der Waals surface area contributed by atoms with Crippen LogP contribution in [-0.2, 0) is 0 Å². The second-order valence-corrected chi connectivity index (χ2v) is 5.91. The van der Waals surface area contributed by atoms with Crippen LogP contribution in [-0.4, -0.2) is 31.6 Å². The molecule has 1 heterocycles. The molecule has 0 aromatic heterocycles. The molecule has 100 valence electrons. The van der Waals surface area contributed by atoms with Crippen molar-refractivity contribution in [2.45, 2.75) is 33.2 Å². The van der Waals surface area contributed by atoms with Gasteiger partial charge in [-0.05, 0) is 64.4 Å². The molecule has 1 aliphatic rings. The molecule has 2 nitrogen and oxygen atoms in total. The second kappa shape index (κ2) is 5.85. The van der Waals surface area contributed by atoms with Crippen molar-refractivity contribution in [2.75, 3.05) is 26.7 Å². The minimum atomic E-state index is 0.454. The van der Waals surface area contributed by atoms with Crippen molar-refractivity contribution in [3.63, 3.8) is 0 Å². The van der Waals surface area contributed by atoms with E-state index in [1.165, 1.54) is 36.2 Å². The highest BCUT2D eigenvalue weighted by Crippen LogP contribution is 2.20. The molecule has 1 saturated heterocycles. The summed E-state index contributed by atoms with van der Waals surface area (Å²) < 4.78 is 0. The lowest BCUT2D eigenvalue weighted by Crippen LogP contribution is -2.27. The van der Waals surface area contributed by atoms with E-state index in [9.17, 15) is 0 Å². The van der Waals surface area contributed by atoms with Gasteiger partial charge in [0.15, 0.2) is 0 Å². The van der Waals surface area contributed by atoms with Gasteiger partial charge in [-0.2, -0.15) is 0 Å². The van der Waals surface area contributed by atoms with Crippen LogP contribution in [0.1, 0.15) is 36.1 Å². The Kier molecular flexibility index (Phi) is 4.41. The average Bonchev–Trinajstić information content (AvgIpc) is 2.75. The molecule has 1 fully saturated rings. The number of nitrogens with one attached hydrogen (secondary N) is 1. The van der Waals surface area contributed by atoms with Crippen LogP contribution in [0.25, 0.3) is 0 Å². The van der Waals surface area contributed by atoms with Crippen LogP contribution in [0.2, 0.25) is 0 Å². The van der Waals surface area contributed by atoms with Crippen molar-refractivity contribution in [1.82, 2.24) is 10.2 Å². The molecule has 0 radical (unpaired) electrons. The molecule has 2 unspecified atom stereocenters. The molecule has 2 rings (SSSR count). The minimum Gasteiger partial charge on any atom is -0.310 e. The van der Waals surface area contributed by atoms with E-state index in [4.69, 9.17) is 0 Å². The highest BCUT2D eigenvalue weighted by molar-refractivity contribution is 5.32. The zero-order valence-electron chi connectivity index (χ0n) is 12.2. The molecule has 1 aromatic carbocycles. The molecule has 1 aliphatic heterocycles. The van der Waals surface area contributed by atoms with Gasteiger partial charge in [0.2, 0.25) is 0 Å². The molecule has 0 amide bonds. The highest BCUT2D eigenvalue weighted by atomic mass is 15.1. The molecule has 2 atom stereocenters. The zero-order valence-corrected chi connectivity index (χ0v) is 12.2. The van der Waals surface area contributed by atoms with Gasteiger partial charge in [-0.25, -0.2) is 0 Å². The van der Waals surface area contributed by atoms with Gasteiger partial charge in [-0.3, -0.25) is 0 Å². The molecular weight excluding hydrogens is 220 g/mol. The van der Waals surface area contributed by atoms with Crippen LogP contribution in [0.15, 0.2) is 18.2 Å². The van der Waals surface area contributed by atoms with E-state index in [2.05, 4.69) is 56.2 Å². The predicted molar refractivity (Wildman–Crippen MR) is 77.9 cm³/mol. The van der Waals surface area contributed by atoms with Crippen LogP contribution >= 0.6 is 0 Å². The number of likely N-dealkylation sites (tertiary alicyclic amines) is 1. The molecule has 2 heteroatoms. The summed E-state index contributed by atoms with van der Waals surface area (Å²) in [6, 6.07) is 7.19. The van der Waals surface area contributed by atoms with Crippen LogP contribution in [0, 0.1) is 19.8 Å².